The van der Waals surface area contributed by atoms with E-state index >= 15 is 0 Å². The number of rotatable bonds is 3. The zero-order valence-electron chi connectivity index (χ0n) is 8.53. The first-order valence-electron chi connectivity index (χ1n) is 5.17. The Morgan fingerprint density at radius 2 is 2.50 bits per heavy atom. The number of hydrogen-bond acceptors (Lipinski definition) is 4. The van der Waals surface area contributed by atoms with Gasteiger partial charge in [-0.05, 0) is 18.9 Å². The Labute approximate surface area is 83.7 Å². The maximum Gasteiger partial charge on any atom is 0.221 e. The van der Waals surface area contributed by atoms with Gasteiger partial charge in [0, 0.05) is 19.5 Å². The third kappa shape index (κ3) is 1.87. The second-order valence-electron chi connectivity index (χ2n) is 3.91. The van der Waals surface area contributed by atoms with E-state index in [0.717, 1.165) is 37.7 Å². The van der Waals surface area contributed by atoms with Gasteiger partial charge in [-0.3, -0.25) is 0 Å². The van der Waals surface area contributed by atoms with Crippen molar-refractivity contribution in [2.24, 2.45) is 11.7 Å². The lowest BCUT2D eigenvalue weighted by Crippen LogP contribution is -2.25. The molecule has 3 N–H and O–H groups in total. The molecule has 1 aliphatic heterocycles. The minimum atomic E-state index is 0.631. The van der Waals surface area contributed by atoms with E-state index in [0.29, 0.717) is 12.5 Å². The molecule has 0 saturated heterocycles. The molecule has 0 amide bonds. The highest BCUT2D eigenvalue weighted by molar-refractivity contribution is 5.27. The van der Waals surface area contributed by atoms with Crippen LogP contribution in [0.2, 0.25) is 0 Å². The minimum Gasteiger partial charge on any atom is -0.354 e. The molecule has 5 heteroatoms. The molecule has 1 unspecified atom stereocenters. The smallest absolute Gasteiger partial charge is 0.221 e. The van der Waals surface area contributed by atoms with Crippen molar-refractivity contribution in [2.45, 2.75) is 26.3 Å². The summed E-state index contributed by atoms with van der Waals surface area (Å²) in [6.45, 7) is 4.87. The monoisotopic (exact) mass is 195 g/mol. The van der Waals surface area contributed by atoms with Crippen LogP contribution >= 0.6 is 0 Å². The predicted molar refractivity (Wildman–Crippen MR) is 55.1 cm³/mol. The molecule has 5 nitrogen and oxygen atoms in total. The normalized spacial score (nSPS) is 20.3. The van der Waals surface area contributed by atoms with Crippen molar-refractivity contribution in [3.05, 3.63) is 5.82 Å². The largest absolute Gasteiger partial charge is 0.354 e. The molecule has 2 heterocycles. The summed E-state index contributed by atoms with van der Waals surface area (Å²) in [6.07, 6.45) is 1.84. The highest BCUT2D eigenvalue weighted by atomic mass is 15.4. The Hall–Kier alpha value is -1.10. The Kier molecular flexibility index (Phi) is 2.67. The van der Waals surface area contributed by atoms with Crippen LogP contribution in [0.1, 0.15) is 19.2 Å². The van der Waals surface area contributed by atoms with Gasteiger partial charge in [0.2, 0.25) is 5.95 Å². The number of fused-ring (bicyclic) bond motifs is 1. The molecule has 1 aliphatic rings. The van der Waals surface area contributed by atoms with Crippen molar-refractivity contribution in [3.63, 3.8) is 0 Å². The average Bonchev–Trinajstić information content (AvgIpc) is 2.56. The van der Waals surface area contributed by atoms with E-state index in [1.54, 1.807) is 0 Å². The van der Waals surface area contributed by atoms with Gasteiger partial charge < -0.3 is 11.1 Å². The van der Waals surface area contributed by atoms with Gasteiger partial charge in [-0.15, -0.1) is 0 Å². The lowest BCUT2D eigenvalue weighted by molar-refractivity contribution is 0.441. The van der Waals surface area contributed by atoms with Crippen molar-refractivity contribution in [2.75, 3.05) is 18.4 Å². The van der Waals surface area contributed by atoms with E-state index in [1.165, 1.54) is 0 Å². The lowest BCUT2D eigenvalue weighted by atomic mass is 10.1. The summed E-state index contributed by atoms with van der Waals surface area (Å²) in [5.74, 6) is 2.45. The fourth-order valence-corrected chi connectivity index (χ4v) is 1.64. The highest BCUT2D eigenvalue weighted by Gasteiger charge is 2.17. The standard InChI is InChI=1S/C9H17N5/c1-7-5-11-9-12-8(3-2-4-10)13-14(9)6-7/h7H,2-6,10H2,1H3,(H,11,12,13). The van der Waals surface area contributed by atoms with Crippen molar-refractivity contribution in [3.8, 4) is 0 Å². The molecule has 0 bridgehead atoms. The number of nitrogens with one attached hydrogen (secondary N) is 1. The Morgan fingerprint density at radius 3 is 3.29 bits per heavy atom. The van der Waals surface area contributed by atoms with Crippen LogP contribution in [0.3, 0.4) is 0 Å². The van der Waals surface area contributed by atoms with Crippen LogP contribution in [0.25, 0.3) is 0 Å². The second kappa shape index (κ2) is 3.96. The molecule has 0 fully saturated rings. The van der Waals surface area contributed by atoms with Gasteiger partial charge in [-0.1, -0.05) is 6.92 Å². The minimum absolute atomic E-state index is 0.631. The number of anilines is 1. The van der Waals surface area contributed by atoms with Gasteiger partial charge in [0.05, 0.1) is 0 Å². The van der Waals surface area contributed by atoms with E-state index < -0.39 is 0 Å². The predicted octanol–water partition coefficient (Wildman–Crippen LogP) is 0.231. The van der Waals surface area contributed by atoms with E-state index in [1.807, 2.05) is 4.68 Å². The van der Waals surface area contributed by atoms with E-state index in [2.05, 4.69) is 22.3 Å². The second-order valence-corrected chi connectivity index (χ2v) is 3.91. The lowest BCUT2D eigenvalue weighted by Gasteiger charge is -2.19. The summed E-state index contributed by atoms with van der Waals surface area (Å²) in [6, 6.07) is 0. The van der Waals surface area contributed by atoms with Gasteiger partial charge >= 0.3 is 0 Å². The molecule has 0 radical (unpaired) electrons. The Morgan fingerprint density at radius 1 is 1.64 bits per heavy atom. The fraction of sp³-hybridized carbons (Fsp3) is 0.778. The topological polar surface area (TPSA) is 68.8 Å². The van der Waals surface area contributed by atoms with Crippen LogP contribution in [0.5, 0.6) is 0 Å². The average molecular weight is 195 g/mol. The summed E-state index contributed by atoms with van der Waals surface area (Å²) >= 11 is 0. The Balaban J connectivity index is 2.07. The van der Waals surface area contributed by atoms with Gasteiger partial charge in [-0.2, -0.15) is 10.1 Å². The summed E-state index contributed by atoms with van der Waals surface area (Å²) in [7, 11) is 0. The maximum atomic E-state index is 5.44. The Bertz CT molecular complexity index is 306. The summed E-state index contributed by atoms with van der Waals surface area (Å²) in [4.78, 5) is 4.41. The molecule has 14 heavy (non-hydrogen) atoms. The number of aryl methyl sites for hydroxylation is 1. The zero-order chi connectivity index (χ0) is 9.97. The van der Waals surface area contributed by atoms with Crippen LogP contribution in [0.15, 0.2) is 0 Å². The van der Waals surface area contributed by atoms with Gasteiger partial charge in [0.15, 0.2) is 5.82 Å². The first-order chi connectivity index (χ1) is 6.79. The molecule has 0 aliphatic carbocycles. The summed E-state index contributed by atoms with van der Waals surface area (Å²) in [5.41, 5.74) is 5.44. The van der Waals surface area contributed by atoms with Crippen LogP contribution in [0.4, 0.5) is 5.95 Å². The van der Waals surface area contributed by atoms with Crippen molar-refractivity contribution in [1.82, 2.24) is 14.8 Å². The third-order valence-corrected chi connectivity index (χ3v) is 2.41. The third-order valence-electron chi connectivity index (χ3n) is 2.41. The quantitative estimate of drug-likeness (QED) is 0.724. The number of nitrogens with zero attached hydrogens (tertiary/aromatic N) is 3. The van der Waals surface area contributed by atoms with Gasteiger partial charge in [-0.25, -0.2) is 4.68 Å². The molecule has 1 aromatic heterocycles. The first-order valence-corrected chi connectivity index (χ1v) is 5.17. The number of hydrogen-bond donors (Lipinski definition) is 2. The molecule has 78 valence electrons. The van der Waals surface area contributed by atoms with Crippen molar-refractivity contribution >= 4 is 5.95 Å². The highest BCUT2D eigenvalue weighted by Crippen LogP contribution is 2.15. The molecular weight excluding hydrogens is 178 g/mol. The molecule has 1 aromatic rings. The molecule has 0 aromatic carbocycles. The SMILES string of the molecule is CC1CNc2nc(CCCN)nn2C1. The number of nitrogens with two attached hydrogens (primary N) is 1. The van der Waals surface area contributed by atoms with E-state index in [9.17, 15) is 0 Å². The van der Waals surface area contributed by atoms with E-state index in [4.69, 9.17) is 5.73 Å². The number of aromatic nitrogens is 3. The summed E-state index contributed by atoms with van der Waals surface area (Å²) in [5, 5.41) is 7.69. The summed E-state index contributed by atoms with van der Waals surface area (Å²) < 4.78 is 1.96. The van der Waals surface area contributed by atoms with Crippen LogP contribution < -0.4 is 11.1 Å². The van der Waals surface area contributed by atoms with Crippen LogP contribution in [-0.4, -0.2) is 27.9 Å². The van der Waals surface area contributed by atoms with Crippen molar-refractivity contribution in [1.29, 1.82) is 0 Å². The maximum absolute atomic E-state index is 5.44. The van der Waals surface area contributed by atoms with E-state index in [-0.39, 0.29) is 0 Å². The molecule has 0 spiro atoms. The molecule has 2 rings (SSSR count). The zero-order valence-corrected chi connectivity index (χ0v) is 8.53. The fourth-order valence-electron chi connectivity index (χ4n) is 1.64. The van der Waals surface area contributed by atoms with Gasteiger partial charge in [0.25, 0.3) is 0 Å². The van der Waals surface area contributed by atoms with Gasteiger partial charge in [0.1, 0.15) is 0 Å². The molecular formula is C9H17N5. The molecule has 0 saturated carbocycles. The van der Waals surface area contributed by atoms with Crippen molar-refractivity contribution < 1.29 is 0 Å². The first kappa shape index (κ1) is 9.45. The van der Waals surface area contributed by atoms with Crippen LogP contribution in [0, 0.1) is 5.92 Å². The molecule has 1 atom stereocenters. The van der Waals surface area contributed by atoms with Crippen LogP contribution in [-0.2, 0) is 13.0 Å².